The molecule has 1 aliphatic heterocycles. The number of amides is 1. The number of carbonyl (C=O) groups is 2. The molecule has 0 unspecified atom stereocenters. The Morgan fingerprint density at radius 2 is 1.79 bits per heavy atom. The summed E-state index contributed by atoms with van der Waals surface area (Å²) in [5.41, 5.74) is 0.222. The van der Waals surface area contributed by atoms with E-state index in [9.17, 15) is 9.59 Å². The van der Waals surface area contributed by atoms with Crippen LogP contribution in [0.1, 0.15) is 84.0 Å². The van der Waals surface area contributed by atoms with Gasteiger partial charge in [-0.1, -0.05) is 21.3 Å². The highest BCUT2D eigenvalue weighted by atomic mass is 32.2. The summed E-state index contributed by atoms with van der Waals surface area (Å²) in [5, 5.41) is 2.83. The first-order valence-electron chi connectivity index (χ1n) is 12.7. The Balaban J connectivity index is 0.00000722. The van der Waals surface area contributed by atoms with Gasteiger partial charge in [0.05, 0.1) is 48.6 Å². The monoisotopic (exact) mass is 557 g/mol. The summed E-state index contributed by atoms with van der Waals surface area (Å²) in [4.78, 5) is 24.5. The summed E-state index contributed by atoms with van der Waals surface area (Å²) in [6.45, 7) is 14.8. The SMILES string of the molecule is C.CSOC(=O)c1ccc(OCC(=O)NCCCOC(C)(C)COC(C)(C)CC(C)C)cc1C1OCCO1. The second kappa shape index (κ2) is 16.3. The van der Waals surface area contributed by atoms with E-state index in [2.05, 4.69) is 33.0 Å². The van der Waals surface area contributed by atoms with Crippen molar-refractivity contribution >= 4 is 23.9 Å². The number of benzene rings is 1. The van der Waals surface area contributed by atoms with Crippen LogP contribution < -0.4 is 10.1 Å². The van der Waals surface area contributed by atoms with Gasteiger partial charge < -0.3 is 33.2 Å². The highest BCUT2D eigenvalue weighted by Gasteiger charge is 2.27. The van der Waals surface area contributed by atoms with Crippen molar-refractivity contribution in [2.75, 3.05) is 45.8 Å². The van der Waals surface area contributed by atoms with Gasteiger partial charge >= 0.3 is 5.97 Å². The summed E-state index contributed by atoms with van der Waals surface area (Å²) in [5.74, 6) is 0.239. The third-order valence-corrected chi connectivity index (χ3v) is 5.81. The molecule has 1 amide bonds. The van der Waals surface area contributed by atoms with Crippen LogP contribution in [0.25, 0.3) is 0 Å². The van der Waals surface area contributed by atoms with Crippen LogP contribution in [0, 0.1) is 5.92 Å². The Morgan fingerprint density at radius 3 is 2.42 bits per heavy atom. The third-order valence-electron chi connectivity index (χ3n) is 5.49. The molecule has 1 saturated heterocycles. The van der Waals surface area contributed by atoms with E-state index in [4.69, 9.17) is 27.9 Å². The van der Waals surface area contributed by atoms with Crippen molar-refractivity contribution in [3.8, 4) is 5.75 Å². The summed E-state index contributed by atoms with van der Waals surface area (Å²) < 4.78 is 33.8. The molecule has 9 nitrogen and oxygen atoms in total. The fourth-order valence-corrected chi connectivity index (χ4v) is 4.21. The molecule has 10 heteroatoms. The molecule has 0 atom stereocenters. The molecule has 0 radical (unpaired) electrons. The molecule has 0 saturated carbocycles. The lowest BCUT2D eigenvalue weighted by Crippen LogP contribution is -2.38. The van der Waals surface area contributed by atoms with Crippen molar-refractivity contribution in [1.29, 1.82) is 0 Å². The summed E-state index contributed by atoms with van der Waals surface area (Å²) in [6.07, 6.45) is 2.62. The Hall–Kier alpha value is -1.85. The van der Waals surface area contributed by atoms with Gasteiger partial charge in [-0.15, -0.1) is 0 Å². The van der Waals surface area contributed by atoms with E-state index in [1.807, 2.05) is 13.8 Å². The largest absolute Gasteiger partial charge is 0.484 e. The summed E-state index contributed by atoms with van der Waals surface area (Å²) in [7, 11) is 0. The Morgan fingerprint density at radius 1 is 1.11 bits per heavy atom. The molecule has 1 heterocycles. The molecule has 1 aliphatic rings. The van der Waals surface area contributed by atoms with Gasteiger partial charge in [-0.3, -0.25) is 4.79 Å². The van der Waals surface area contributed by atoms with Gasteiger partial charge in [0, 0.05) is 25.0 Å². The van der Waals surface area contributed by atoms with E-state index < -0.39 is 17.9 Å². The van der Waals surface area contributed by atoms with Gasteiger partial charge in [-0.05, 0) is 64.7 Å². The number of nitrogens with one attached hydrogen (secondary N) is 1. The predicted octanol–water partition coefficient (Wildman–Crippen LogP) is 5.32. The first-order valence-corrected chi connectivity index (χ1v) is 13.9. The molecule has 218 valence electrons. The molecule has 0 aliphatic carbocycles. The van der Waals surface area contributed by atoms with Gasteiger partial charge in [0.15, 0.2) is 12.9 Å². The molecular formula is C28H47NO8S. The second-order valence-electron chi connectivity index (χ2n) is 10.6. The Bertz CT molecular complexity index is 868. The molecule has 38 heavy (non-hydrogen) atoms. The van der Waals surface area contributed by atoms with Gasteiger partial charge in [-0.2, -0.15) is 0 Å². The minimum Gasteiger partial charge on any atom is -0.484 e. The van der Waals surface area contributed by atoms with Crippen LogP contribution in [-0.4, -0.2) is 68.9 Å². The molecule has 0 bridgehead atoms. The van der Waals surface area contributed by atoms with Crippen molar-refractivity contribution in [3.63, 3.8) is 0 Å². The maximum absolute atomic E-state index is 12.3. The Kier molecular flexibility index (Phi) is 14.7. The zero-order valence-corrected chi connectivity index (χ0v) is 24.0. The van der Waals surface area contributed by atoms with Crippen molar-refractivity contribution in [1.82, 2.24) is 5.32 Å². The van der Waals surface area contributed by atoms with E-state index >= 15 is 0 Å². The minimum absolute atomic E-state index is 0. The van der Waals surface area contributed by atoms with Crippen molar-refractivity contribution in [2.24, 2.45) is 5.92 Å². The number of carbonyl (C=O) groups excluding carboxylic acids is 2. The van der Waals surface area contributed by atoms with Crippen molar-refractivity contribution < 1.29 is 37.5 Å². The van der Waals surface area contributed by atoms with Gasteiger partial charge in [0.2, 0.25) is 0 Å². The number of ether oxygens (including phenoxy) is 5. The lowest BCUT2D eigenvalue weighted by Gasteiger charge is -2.33. The lowest BCUT2D eigenvalue weighted by molar-refractivity contribution is -0.126. The molecule has 1 N–H and O–H groups in total. The van der Waals surface area contributed by atoms with Crippen LogP contribution in [-0.2, 0) is 27.9 Å². The average Bonchev–Trinajstić information content (AvgIpc) is 3.35. The molecule has 1 aromatic rings. The molecule has 0 spiro atoms. The highest BCUT2D eigenvalue weighted by Crippen LogP contribution is 2.31. The topological polar surface area (TPSA) is 102 Å². The summed E-state index contributed by atoms with van der Waals surface area (Å²) in [6, 6.07) is 4.84. The van der Waals surface area contributed by atoms with Gasteiger partial charge in [0.25, 0.3) is 5.91 Å². The second-order valence-corrected chi connectivity index (χ2v) is 11.1. The normalized spacial score (nSPS) is 14.3. The van der Waals surface area contributed by atoms with Crippen LogP contribution in [0.3, 0.4) is 0 Å². The van der Waals surface area contributed by atoms with E-state index in [1.165, 1.54) is 0 Å². The maximum Gasteiger partial charge on any atom is 0.350 e. The van der Waals surface area contributed by atoms with Crippen molar-refractivity contribution in [3.05, 3.63) is 29.3 Å². The van der Waals surface area contributed by atoms with Crippen LogP contribution in [0.2, 0.25) is 0 Å². The third kappa shape index (κ3) is 12.3. The standard InChI is InChI=1S/C27H43NO8S.CH4/c1-19(2)16-26(3,4)35-18-27(5,6)34-12-8-11-28-23(29)17-33-20-9-10-21(24(30)36-37-7)22(15-20)25-31-13-14-32-25;/h9-10,15,19,25H,8,11-14,16-18H2,1-7H3,(H,28,29);1H4. The summed E-state index contributed by atoms with van der Waals surface area (Å²) >= 11 is 0.961. The minimum atomic E-state index is -0.683. The van der Waals surface area contributed by atoms with Crippen LogP contribution in [0.15, 0.2) is 18.2 Å². The molecular weight excluding hydrogens is 510 g/mol. The molecule has 2 rings (SSSR count). The van der Waals surface area contributed by atoms with E-state index in [-0.39, 0.29) is 25.5 Å². The van der Waals surface area contributed by atoms with E-state index in [0.717, 1.165) is 18.5 Å². The number of rotatable bonds is 16. The predicted molar refractivity (Wildman–Crippen MR) is 149 cm³/mol. The van der Waals surface area contributed by atoms with Crippen LogP contribution in [0.4, 0.5) is 0 Å². The van der Waals surface area contributed by atoms with Gasteiger partial charge in [-0.25, -0.2) is 4.79 Å². The highest BCUT2D eigenvalue weighted by molar-refractivity contribution is 7.94. The smallest absolute Gasteiger partial charge is 0.350 e. The van der Waals surface area contributed by atoms with E-state index in [0.29, 0.717) is 62.2 Å². The molecule has 0 aromatic heterocycles. The number of hydrogen-bond acceptors (Lipinski definition) is 9. The first-order chi connectivity index (χ1) is 17.4. The fraction of sp³-hybridized carbons (Fsp3) is 0.714. The molecule has 1 aromatic carbocycles. The maximum atomic E-state index is 12.3. The quantitative estimate of drug-likeness (QED) is 0.214. The van der Waals surface area contributed by atoms with Gasteiger partial charge in [0.1, 0.15) is 5.75 Å². The average molecular weight is 558 g/mol. The Labute approximate surface area is 232 Å². The molecule has 1 fully saturated rings. The fourth-order valence-electron chi connectivity index (χ4n) is 3.97. The lowest BCUT2D eigenvalue weighted by atomic mass is 9.96. The van der Waals surface area contributed by atoms with E-state index in [1.54, 1.807) is 24.5 Å². The van der Waals surface area contributed by atoms with Crippen molar-refractivity contribution in [2.45, 2.75) is 79.3 Å². The zero-order chi connectivity index (χ0) is 27.5. The van der Waals surface area contributed by atoms with Crippen LogP contribution in [0.5, 0.6) is 5.75 Å². The number of hydrogen-bond donors (Lipinski definition) is 1. The zero-order valence-electron chi connectivity index (χ0n) is 23.2. The first kappa shape index (κ1) is 34.2. The van der Waals surface area contributed by atoms with Crippen LogP contribution >= 0.6 is 12.0 Å².